The third-order valence-corrected chi connectivity index (χ3v) is 5.37. The Balaban J connectivity index is 1.58. The normalized spacial score (nSPS) is 10.5. The Labute approximate surface area is 184 Å². The van der Waals surface area contributed by atoms with E-state index < -0.39 is 0 Å². The van der Waals surface area contributed by atoms with Gasteiger partial charge in [0.15, 0.2) is 10.9 Å². The maximum Gasteiger partial charge on any atom is 0.293 e. The highest BCUT2D eigenvalue weighted by molar-refractivity contribution is 7.14. The number of nitrogens with one attached hydrogen (secondary N) is 1. The molecule has 0 saturated heterocycles. The van der Waals surface area contributed by atoms with Crippen LogP contribution in [0.25, 0.3) is 0 Å². The number of hydrogen-bond acceptors (Lipinski definition) is 6. The van der Waals surface area contributed by atoms with Gasteiger partial charge in [-0.25, -0.2) is 4.98 Å². The molecule has 0 aliphatic carbocycles. The van der Waals surface area contributed by atoms with Crippen molar-refractivity contribution < 1.29 is 18.8 Å². The summed E-state index contributed by atoms with van der Waals surface area (Å²) in [6, 6.07) is 10.5. The third-order valence-electron chi connectivity index (χ3n) is 4.56. The fourth-order valence-electron chi connectivity index (χ4n) is 2.89. The van der Waals surface area contributed by atoms with Crippen LogP contribution in [-0.4, -0.2) is 53.1 Å². The molecule has 0 atom stereocenters. The van der Waals surface area contributed by atoms with Crippen molar-refractivity contribution in [3.8, 4) is 0 Å². The number of aromatic nitrogens is 1. The van der Waals surface area contributed by atoms with Crippen molar-refractivity contribution >= 4 is 34.2 Å². The molecule has 3 aromatic rings. The van der Waals surface area contributed by atoms with Crippen molar-refractivity contribution in [2.75, 3.05) is 26.0 Å². The molecule has 0 spiro atoms. The second kappa shape index (κ2) is 10.0. The van der Waals surface area contributed by atoms with Crippen LogP contribution in [0.1, 0.15) is 39.1 Å². The molecule has 1 aromatic carbocycles. The van der Waals surface area contributed by atoms with E-state index in [0.717, 1.165) is 5.56 Å². The minimum atomic E-state index is -0.386. The minimum absolute atomic E-state index is 0.0616. The predicted molar refractivity (Wildman–Crippen MR) is 118 cm³/mol. The molecule has 2 aromatic heterocycles. The Morgan fingerprint density at radius 1 is 1.13 bits per heavy atom. The topological polar surface area (TPSA) is 95.8 Å². The van der Waals surface area contributed by atoms with E-state index in [1.165, 1.54) is 22.5 Å². The van der Waals surface area contributed by atoms with Crippen molar-refractivity contribution in [1.29, 1.82) is 0 Å². The Hall–Kier alpha value is -3.46. The summed E-state index contributed by atoms with van der Waals surface area (Å²) in [5.41, 5.74) is 2.14. The summed E-state index contributed by atoms with van der Waals surface area (Å²) in [4.78, 5) is 44.4. The van der Waals surface area contributed by atoms with Crippen molar-refractivity contribution in [2.24, 2.45) is 0 Å². The Morgan fingerprint density at radius 3 is 2.48 bits per heavy atom. The van der Waals surface area contributed by atoms with E-state index in [1.807, 2.05) is 19.1 Å². The Kier molecular flexibility index (Phi) is 7.19. The molecule has 3 amide bonds. The molecule has 2 heterocycles. The summed E-state index contributed by atoms with van der Waals surface area (Å²) in [6.45, 7) is 2.90. The zero-order valence-corrected chi connectivity index (χ0v) is 18.4. The maximum atomic E-state index is 12.8. The summed E-state index contributed by atoms with van der Waals surface area (Å²) in [5.74, 6) is -0.314. The van der Waals surface area contributed by atoms with E-state index in [-0.39, 0.29) is 29.9 Å². The lowest BCUT2D eigenvalue weighted by atomic mass is 10.1. The van der Waals surface area contributed by atoms with Crippen molar-refractivity contribution in [3.63, 3.8) is 0 Å². The van der Waals surface area contributed by atoms with Gasteiger partial charge in [-0.2, -0.15) is 0 Å². The number of anilines is 1. The van der Waals surface area contributed by atoms with E-state index in [9.17, 15) is 14.4 Å². The zero-order valence-electron chi connectivity index (χ0n) is 17.6. The lowest BCUT2D eigenvalue weighted by Gasteiger charge is -2.21. The number of rotatable bonds is 8. The second-order valence-electron chi connectivity index (χ2n) is 7.06. The molecule has 1 N–H and O–H groups in total. The van der Waals surface area contributed by atoms with E-state index in [1.54, 1.807) is 48.6 Å². The first-order valence-electron chi connectivity index (χ1n) is 9.75. The van der Waals surface area contributed by atoms with Gasteiger partial charge in [-0.15, -0.1) is 11.3 Å². The van der Waals surface area contributed by atoms with Crippen molar-refractivity contribution in [3.05, 3.63) is 70.6 Å². The lowest BCUT2D eigenvalue weighted by molar-refractivity contribution is -0.130. The number of amides is 3. The first-order valence-corrected chi connectivity index (χ1v) is 10.6. The van der Waals surface area contributed by atoms with Crippen LogP contribution in [-0.2, 0) is 17.8 Å². The van der Waals surface area contributed by atoms with Gasteiger partial charge in [0.25, 0.3) is 11.8 Å². The van der Waals surface area contributed by atoms with Gasteiger partial charge in [-0.3, -0.25) is 19.7 Å². The highest BCUT2D eigenvalue weighted by atomic mass is 32.1. The summed E-state index contributed by atoms with van der Waals surface area (Å²) in [5, 5.41) is 4.83. The number of nitrogens with zero attached hydrogens (tertiary/aromatic N) is 3. The lowest BCUT2D eigenvalue weighted by Crippen LogP contribution is -2.31. The molecule has 8 nitrogen and oxygen atoms in total. The van der Waals surface area contributed by atoms with E-state index in [4.69, 9.17) is 4.42 Å². The van der Waals surface area contributed by atoms with E-state index >= 15 is 0 Å². The van der Waals surface area contributed by atoms with Gasteiger partial charge >= 0.3 is 0 Å². The molecule has 0 aliphatic rings. The summed E-state index contributed by atoms with van der Waals surface area (Å²) < 4.78 is 5.06. The van der Waals surface area contributed by atoms with Crippen LogP contribution in [0.4, 0.5) is 5.13 Å². The number of benzene rings is 1. The van der Waals surface area contributed by atoms with Gasteiger partial charge in [0, 0.05) is 38.1 Å². The van der Waals surface area contributed by atoms with Crippen LogP contribution in [0.2, 0.25) is 0 Å². The van der Waals surface area contributed by atoms with Crippen LogP contribution in [0, 0.1) is 0 Å². The number of hydrogen-bond donors (Lipinski definition) is 1. The molecule has 0 radical (unpaired) electrons. The van der Waals surface area contributed by atoms with Crippen LogP contribution < -0.4 is 5.32 Å². The van der Waals surface area contributed by atoms with Crippen molar-refractivity contribution in [2.45, 2.75) is 19.9 Å². The van der Waals surface area contributed by atoms with E-state index in [2.05, 4.69) is 10.3 Å². The van der Waals surface area contributed by atoms with E-state index in [0.29, 0.717) is 29.5 Å². The third kappa shape index (κ3) is 5.79. The van der Waals surface area contributed by atoms with Crippen LogP contribution in [0.15, 0.2) is 52.5 Å². The smallest absolute Gasteiger partial charge is 0.293 e. The highest BCUT2D eigenvalue weighted by Gasteiger charge is 2.17. The fourth-order valence-corrected chi connectivity index (χ4v) is 3.59. The van der Waals surface area contributed by atoms with Gasteiger partial charge in [-0.1, -0.05) is 12.1 Å². The average molecular weight is 441 g/mol. The molecule has 0 bridgehead atoms. The predicted octanol–water partition coefficient (Wildman–Crippen LogP) is 3.28. The molecule has 0 saturated carbocycles. The first kappa shape index (κ1) is 22.2. The largest absolute Gasteiger partial charge is 0.459 e. The molecule has 162 valence electrons. The number of carbonyl (C=O) groups is 3. The molecule has 31 heavy (non-hydrogen) atoms. The molecular formula is C22H24N4O4S. The SMILES string of the molecule is CCN(Cc1ccc(C(=O)N(C)C)cc1)C(=O)Cc1csc(NC(=O)c2ccco2)n1. The summed E-state index contributed by atoms with van der Waals surface area (Å²) in [6.07, 6.45) is 1.56. The molecule has 9 heteroatoms. The Morgan fingerprint density at radius 2 is 1.87 bits per heavy atom. The highest BCUT2D eigenvalue weighted by Crippen LogP contribution is 2.18. The van der Waals surface area contributed by atoms with Crippen molar-refractivity contribution in [1.82, 2.24) is 14.8 Å². The molecule has 3 rings (SSSR count). The van der Waals surface area contributed by atoms with Crippen LogP contribution in [0.3, 0.4) is 0 Å². The maximum absolute atomic E-state index is 12.8. The first-order chi connectivity index (χ1) is 14.9. The molecule has 0 aliphatic heterocycles. The summed E-state index contributed by atoms with van der Waals surface area (Å²) >= 11 is 1.26. The quantitative estimate of drug-likeness (QED) is 0.580. The van der Waals surface area contributed by atoms with Gasteiger partial charge in [0.1, 0.15) is 0 Å². The molecule has 0 unspecified atom stereocenters. The van der Waals surface area contributed by atoms with Gasteiger partial charge < -0.3 is 14.2 Å². The van der Waals surface area contributed by atoms with Crippen LogP contribution in [0.5, 0.6) is 0 Å². The number of thiazole rings is 1. The second-order valence-corrected chi connectivity index (χ2v) is 7.91. The number of furan rings is 1. The zero-order chi connectivity index (χ0) is 22.4. The fraction of sp³-hybridized carbons (Fsp3) is 0.273. The number of carbonyl (C=O) groups excluding carboxylic acids is 3. The molecular weight excluding hydrogens is 416 g/mol. The summed E-state index contributed by atoms with van der Waals surface area (Å²) in [7, 11) is 3.42. The average Bonchev–Trinajstić information content (AvgIpc) is 3.44. The number of likely N-dealkylation sites (N-methyl/N-ethyl adjacent to an activating group) is 1. The van der Waals surface area contributed by atoms with Gasteiger partial charge in [-0.05, 0) is 36.8 Å². The monoisotopic (exact) mass is 440 g/mol. The minimum Gasteiger partial charge on any atom is -0.459 e. The Bertz CT molecular complexity index is 1040. The molecule has 0 fully saturated rings. The van der Waals surface area contributed by atoms with Crippen LogP contribution >= 0.6 is 11.3 Å². The van der Waals surface area contributed by atoms with Gasteiger partial charge in [0.05, 0.1) is 18.4 Å². The van der Waals surface area contributed by atoms with Gasteiger partial charge in [0.2, 0.25) is 5.91 Å². The standard InChI is InChI=1S/C22H24N4O4S/c1-4-26(13-15-7-9-16(10-8-15)21(29)25(2)3)19(27)12-17-14-31-22(23-17)24-20(28)18-6-5-11-30-18/h5-11,14H,4,12-13H2,1-3H3,(H,23,24,28).